The molecule has 0 aliphatic heterocycles. The molecule has 1 N–H and O–H groups in total. The molecule has 0 fully saturated rings. The predicted molar refractivity (Wildman–Crippen MR) is 176 cm³/mol. The number of hydrogen-bond acceptors (Lipinski definition) is 7. The number of methoxy groups -OCH3 is 1. The fraction of sp³-hybridized carbons (Fsp3) is 0.394. The molecule has 0 unspecified atom stereocenters. The Morgan fingerprint density at radius 3 is 2.34 bits per heavy atom. The molecule has 0 aliphatic carbocycles. The van der Waals surface area contributed by atoms with Crippen LogP contribution in [0.1, 0.15) is 45.6 Å². The van der Waals surface area contributed by atoms with Crippen molar-refractivity contribution >= 4 is 39.3 Å². The number of amides is 2. The van der Waals surface area contributed by atoms with Crippen molar-refractivity contribution in [2.45, 2.75) is 62.4 Å². The van der Waals surface area contributed by atoms with E-state index in [1.54, 1.807) is 62.6 Å². The van der Waals surface area contributed by atoms with E-state index < -0.39 is 28.5 Å². The van der Waals surface area contributed by atoms with Crippen LogP contribution < -0.4 is 19.1 Å². The minimum atomic E-state index is -4.23. The second-order valence-electron chi connectivity index (χ2n) is 10.0. The number of nitrogens with zero attached hydrogens (tertiary/aromatic N) is 2. The molecule has 3 aromatic rings. The van der Waals surface area contributed by atoms with Gasteiger partial charge in [-0.1, -0.05) is 44.5 Å². The van der Waals surface area contributed by atoms with Crippen molar-refractivity contribution in [1.82, 2.24) is 10.2 Å². The molecule has 2 amide bonds. The van der Waals surface area contributed by atoms with Gasteiger partial charge >= 0.3 is 0 Å². The Labute approximate surface area is 266 Å². The van der Waals surface area contributed by atoms with Gasteiger partial charge in [0.2, 0.25) is 11.8 Å². The van der Waals surface area contributed by atoms with Gasteiger partial charge in [-0.15, -0.1) is 11.8 Å². The highest BCUT2D eigenvalue weighted by Gasteiger charge is 2.34. The Bertz CT molecular complexity index is 1480. The highest BCUT2D eigenvalue weighted by Crippen LogP contribution is 2.33. The molecular weight excluding hydrogens is 599 g/mol. The van der Waals surface area contributed by atoms with Gasteiger partial charge in [-0.25, -0.2) is 8.42 Å². The molecule has 0 radical (unpaired) electrons. The van der Waals surface area contributed by atoms with Crippen LogP contribution in [0, 0.1) is 0 Å². The standard InChI is InChI=1S/C33H43N3O6S2/c1-6-9-21-34-33(38)29(7-2)35(23-25-13-12-14-26(22-25)41-4)32(37)24-36(30-15-10-11-16-31(30)42-8-3)44(39,40)28-19-17-27(43-5)18-20-28/h10-20,22,29H,6-9,21,23-24H2,1-5H3,(H,34,38)/t29-/m0/s1. The Balaban J connectivity index is 2.10. The molecule has 0 saturated carbocycles. The molecule has 238 valence electrons. The maximum Gasteiger partial charge on any atom is 0.264 e. The van der Waals surface area contributed by atoms with Gasteiger partial charge in [0.1, 0.15) is 24.1 Å². The molecule has 0 heterocycles. The first kappa shape index (κ1) is 34.8. The number of benzene rings is 3. The minimum Gasteiger partial charge on any atom is -0.497 e. The predicted octanol–water partition coefficient (Wildman–Crippen LogP) is 5.73. The number of para-hydroxylation sites is 2. The van der Waals surface area contributed by atoms with Crippen LogP contribution in [0.5, 0.6) is 11.5 Å². The van der Waals surface area contributed by atoms with E-state index in [4.69, 9.17) is 9.47 Å². The lowest BCUT2D eigenvalue weighted by atomic mass is 10.1. The summed E-state index contributed by atoms with van der Waals surface area (Å²) in [6, 6.07) is 19.7. The third-order valence-corrected chi connectivity index (χ3v) is 9.58. The SMILES string of the molecule is CCCCNC(=O)[C@H](CC)N(Cc1cccc(OC)c1)C(=O)CN(c1ccccc1OCC)S(=O)(=O)c1ccc(SC)cc1. The lowest BCUT2D eigenvalue weighted by Crippen LogP contribution is -2.52. The molecule has 44 heavy (non-hydrogen) atoms. The van der Waals surface area contributed by atoms with Crippen molar-refractivity contribution in [3.63, 3.8) is 0 Å². The van der Waals surface area contributed by atoms with E-state index in [1.165, 1.54) is 28.8 Å². The van der Waals surface area contributed by atoms with E-state index in [9.17, 15) is 18.0 Å². The highest BCUT2D eigenvalue weighted by atomic mass is 32.2. The number of hydrogen-bond donors (Lipinski definition) is 1. The molecule has 0 bridgehead atoms. The van der Waals surface area contributed by atoms with Crippen molar-refractivity contribution in [3.8, 4) is 11.5 Å². The smallest absolute Gasteiger partial charge is 0.264 e. The second kappa shape index (κ2) is 17.0. The number of ether oxygens (including phenoxy) is 2. The van der Waals surface area contributed by atoms with Crippen molar-refractivity contribution in [1.29, 1.82) is 0 Å². The van der Waals surface area contributed by atoms with E-state index in [1.807, 2.05) is 32.2 Å². The zero-order chi connectivity index (χ0) is 32.1. The van der Waals surface area contributed by atoms with Gasteiger partial charge in [0.05, 0.1) is 24.3 Å². The van der Waals surface area contributed by atoms with Crippen LogP contribution >= 0.6 is 11.8 Å². The van der Waals surface area contributed by atoms with Crippen LogP contribution in [0.15, 0.2) is 82.6 Å². The molecule has 0 saturated heterocycles. The van der Waals surface area contributed by atoms with E-state index in [0.29, 0.717) is 31.1 Å². The summed E-state index contributed by atoms with van der Waals surface area (Å²) in [6.07, 6.45) is 3.97. The number of nitrogens with one attached hydrogen (secondary N) is 1. The van der Waals surface area contributed by atoms with Gasteiger partial charge in [0.25, 0.3) is 10.0 Å². The number of carbonyl (C=O) groups excluding carboxylic acids is 2. The van der Waals surface area contributed by atoms with E-state index in [-0.39, 0.29) is 23.0 Å². The Morgan fingerprint density at radius 2 is 1.70 bits per heavy atom. The topological polar surface area (TPSA) is 105 Å². The molecule has 11 heteroatoms. The first-order chi connectivity index (χ1) is 21.2. The van der Waals surface area contributed by atoms with Crippen molar-refractivity contribution in [2.24, 2.45) is 0 Å². The van der Waals surface area contributed by atoms with Crippen LogP contribution in [0.2, 0.25) is 0 Å². The summed E-state index contributed by atoms with van der Waals surface area (Å²) in [4.78, 5) is 30.1. The number of rotatable bonds is 17. The van der Waals surface area contributed by atoms with Crippen LogP contribution in [0.4, 0.5) is 5.69 Å². The quantitative estimate of drug-likeness (QED) is 0.148. The second-order valence-corrected chi connectivity index (χ2v) is 12.8. The average molecular weight is 642 g/mol. The van der Waals surface area contributed by atoms with Crippen molar-refractivity contribution in [2.75, 3.05) is 37.4 Å². The minimum absolute atomic E-state index is 0.0399. The van der Waals surface area contributed by atoms with Gasteiger partial charge in [0, 0.05) is 18.0 Å². The third kappa shape index (κ3) is 8.92. The summed E-state index contributed by atoms with van der Waals surface area (Å²) in [5, 5.41) is 2.94. The van der Waals surface area contributed by atoms with Gasteiger partial charge < -0.3 is 19.7 Å². The molecule has 3 rings (SSSR count). The summed E-state index contributed by atoms with van der Waals surface area (Å²) in [5.41, 5.74) is 0.979. The monoisotopic (exact) mass is 641 g/mol. The van der Waals surface area contributed by atoms with Gasteiger partial charge in [0.15, 0.2) is 0 Å². The van der Waals surface area contributed by atoms with E-state index >= 15 is 0 Å². The fourth-order valence-electron chi connectivity index (χ4n) is 4.72. The molecule has 9 nitrogen and oxygen atoms in total. The van der Waals surface area contributed by atoms with Crippen molar-refractivity contribution < 1.29 is 27.5 Å². The number of anilines is 1. The van der Waals surface area contributed by atoms with Crippen LogP contribution in [0.3, 0.4) is 0 Å². The number of unbranched alkanes of at least 4 members (excludes halogenated alkanes) is 1. The Kier molecular flexibility index (Phi) is 13.4. The average Bonchev–Trinajstić information content (AvgIpc) is 3.04. The Morgan fingerprint density at radius 1 is 0.977 bits per heavy atom. The Hall–Kier alpha value is -3.70. The zero-order valence-electron chi connectivity index (χ0n) is 26.1. The lowest BCUT2D eigenvalue weighted by molar-refractivity contribution is -0.140. The fourth-order valence-corrected chi connectivity index (χ4v) is 6.56. The lowest BCUT2D eigenvalue weighted by Gasteiger charge is -2.33. The normalized spacial score (nSPS) is 11.8. The van der Waals surface area contributed by atoms with Crippen LogP contribution in [-0.2, 0) is 26.2 Å². The zero-order valence-corrected chi connectivity index (χ0v) is 27.7. The summed E-state index contributed by atoms with van der Waals surface area (Å²) < 4.78 is 40.7. The van der Waals surface area contributed by atoms with Crippen LogP contribution in [0.25, 0.3) is 0 Å². The summed E-state index contributed by atoms with van der Waals surface area (Å²) in [7, 11) is -2.67. The maximum atomic E-state index is 14.3. The van der Waals surface area contributed by atoms with Gasteiger partial charge in [-0.3, -0.25) is 13.9 Å². The van der Waals surface area contributed by atoms with Crippen LogP contribution in [-0.4, -0.2) is 64.2 Å². The molecule has 0 aliphatic rings. The van der Waals surface area contributed by atoms with E-state index in [2.05, 4.69) is 5.32 Å². The third-order valence-electron chi connectivity index (χ3n) is 7.06. The molecule has 0 spiro atoms. The number of sulfonamides is 1. The van der Waals surface area contributed by atoms with Crippen molar-refractivity contribution in [3.05, 3.63) is 78.4 Å². The maximum absolute atomic E-state index is 14.3. The first-order valence-electron chi connectivity index (χ1n) is 14.8. The highest BCUT2D eigenvalue weighted by molar-refractivity contribution is 7.98. The van der Waals surface area contributed by atoms with E-state index in [0.717, 1.165) is 27.6 Å². The summed E-state index contributed by atoms with van der Waals surface area (Å²) >= 11 is 1.50. The van der Waals surface area contributed by atoms with Gasteiger partial charge in [-0.05, 0) is 80.1 Å². The number of thioether (sulfide) groups is 1. The summed E-state index contributed by atoms with van der Waals surface area (Å²) in [6.45, 7) is 6.01. The largest absolute Gasteiger partial charge is 0.497 e. The molecule has 1 atom stereocenters. The molecule has 0 aromatic heterocycles. The summed E-state index contributed by atoms with van der Waals surface area (Å²) in [5.74, 6) is 0.129. The first-order valence-corrected chi connectivity index (χ1v) is 17.4. The molecular formula is C33H43N3O6S2. The van der Waals surface area contributed by atoms with Gasteiger partial charge in [-0.2, -0.15) is 0 Å². The number of carbonyl (C=O) groups is 2. The molecule has 3 aromatic carbocycles.